The molecule has 0 bridgehead atoms. The van der Waals surface area contributed by atoms with Crippen LogP contribution >= 0.6 is 0 Å². The van der Waals surface area contributed by atoms with Gasteiger partial charge < -0.3 is 5.32 Å². The van der Waals surface area contributed by atoms with Crippen LogP contribution in [0.3, 0.4) is 0 Å². The lowest BCUT2D eigenvalue weighted by atomic mass is 10.3. The van der Waals surface area contributed by atoms with E-state index in [9.17, 15) is 4.79 Å². The van der Waals surface area contributed by atoms with E-state index in [0.29, 0.717) is 13.0 Å². The first kappa shape index (κ1) is 4.30. The summed E-state index contributed by atoms with van der Waals surface area (Å²) in [6, 6.07) is 0. The second kappa shape index (κ2) is 1.33. The molecule has 3 nitrogen and oxygen atoms in total. The molecule has 0 spiro atoms. The minimum Gasteiger partial charge on any atom is -0.351 e. The van der Waals surface area contributed by atoms with Crippen molar-refractivity contribution in [3.63, 3.8) is 0 Å². The lowest BCUT2D eigenvalue weighted by molar-refractivity contribution is -0.114. The van der Waals surface area contributed by atoms with Gasteiger partial charge in [0.25, 0.3) is 5.91 Å². The van der Waals surface area contributed by atoms with E-state index in [1.54, 1.807) is 0 Å². The zero-order valence-electron chi connectivity index (χ0n) is 3.82. The topological polar surface area (TPSA) is 53.0 Å². The normalized spacial score (nSPS) is 20.0. The zero-order valence-corrected chi connectivity index (χ0v) is 3.82. The van der Waals surface area contributed by atoms with Crippen molar-refractivity contribution in [3.05, 3.63) is 0 Å². The zero-order chi connectivity index (χ0) is 5.28. The van der Waals surface area contributed by atoms with Crippen LogP contribution in [0.15, 0.2) is 0 Å². The molecule has 0 unspecified atom stereocenters. The quantitative estimate of drug-likeness (QED) is 0.422. The molecule has 1 heterocycles. The molecule has 1 fully saturated rings. The number of nitrogens with one attached hydrogen (secondary N) is 2. The fourth-order valence-electron chi connectivity index (χ4n) is 0.521. The Morgan fingerprint density at radius 3 is 2.57 bits per heavy atom. The van der Waals surface area contributed by atoms with Crippen LogP contribution in [-0.4, -0.2) is 18.2 Å². The van der Waals surface area contributed by atoms with Gasteiger partial charge in [-0.25, -0.2) is 0 Å². The largest absolute Gasteiger partial charge is 0.351 e. The Morgan fingerprint density at radius 2 is 2.43 bits per heavy atom. The van der Waals surface area contributed by atoms with Gasteiger partial charge in [-0.15, -0.1) is 0 Å². The molecule has 1 amide bonds. The molecule has 1 aliphatic rings. The molecule has 3 heteroatoms. The summed E-state index contributed by atoms with van der Waals surface area (Å²) in [4.78, 5) is 10.2. The number of carbonyl (C=O) groups is 1. The summed E-state index contributed by atoms with van der Waals surface area (Å²) in [6.07, 6.45) is 0.596. The number of hydrogen-bond donors (Lipinski definition) is 2. The monoisotopic (exact) mass is 98.0 g/mol. The molecule has 0 aromatic rings. The van der Waals surface area contributed by atoms with Gasteiger partial charge in [-0.3, -0.25) is 10.2 Å². The first-order valence-electron chi connectivity index (χ1n) is 2.16. The number of amides is 1. The highest BCUT2D eigenvalue weighted by molar-refractivity contribution is 6.39. The summed E-state index contributed by atoms with van der Waals surface area (Å²) in [5.74, 6) is -0.208. The summed E-state index contributed by atoms with van der Waals surface area (Å²) < 4.78 is 0. The molecule has 0 aromatic carbocycles. The molecule has 0 atom stereocenters. The Bertz CT molecular complexity index is 105. The third-order valence-corrected chi connectivity index (χ3v) is 0.935. The molecule has 0 aliphatic carbocycles. The number of carbonyl (C=O) groups excluding carboxylic acids is 1. The highest BCUT2D eigenvalue weighted by Gasteiger charge is 2.14. The molecular weight excluding hydrogens is 92.1 g/mol. The van der Waals surface area contributed by atoms with Gasteiger partial charge in [0.1, 0.15) is 0 Å². The van der Waals surface area contributed by atoms with Crippen molar-refractivity contribution in [2.75, 3.05) is 6.54 Å². The Morgan fingerprint density at radius 1 is 1.71 bits per heavy atom. The molecule has 1 saturated heterocycles. The maximum Gasteiger partial charge on any atom is 0.265 e. The minimum atomic E-state index is -0.208. The van der Waals surface area contributed by atoms with Crippen LogP contribution in [0.1, 0.15) is 6.42 Å². The third kappa shape index (κ3) is 0.607. The van der Waals surface area contributed by atoms with Crippen molar-refractivity contribution in [2.45, 2.75) is 6.42 Å². The van der Waals surface area contributed by atoms with Crippen molar-refractivity contribution in [3.8, 4) is 0 Å². The van der Waals surface area contributed by atoms with E-state index in [1.807, 2.05) is 0 Å². The second-order valence-corrected chi connectivity index (χ2v) is 1.48. The van der Waals surface area contributed by atoms with E-state index < -0.39 is 0 Å². The van der Waals surface area contributed by atoms with E-state index in [0.717, 1.165) is 0 Å². The first-order valence-corrected chi connectivity index (χ1v) is 2.16. The molecule has 38 valence electrons. The van der Waals surface area contributed by atoms with Crippen molar-refractivity contribution in [1.29, 1.82) is 5.41 Å². The summed E-state index contributed by atoms with van der Waals surface area (Å²) in [5, 5.41) is 9.35. The molecule has 7 heavy (non-hydrogen) atoms. The predicted molar refractivity (Wildman–Crippen MR) is 25.4 cm³/mol. The number of hydrogen-bond acceptors (Lipinski definition) is 2. The van der Waals surface area contributed by atoms with Crippen LogP contribution < -0.4 is 5.32 Å². The van der Waals surface area contributed by atoms with Gasteiger partial charge in [0.15, 0.2) is 0 Å². The molecule has 0 radical (unpaired) electrons. The molecule has 1 rings (SSSR count). The van der Waals surface area contributed by atoms with Crippen LogP contribution in [-0.2, 0) is 4.79 Å². The van der Waals surface area contributed by atoms with E-state index >= 15 is 0 Å². The summed E-state index contributed by atoms with van der Waals surface area (Å²) in [7, 11) is 0. The van der Waals surface area contributed by atoms with Crippen molar-refractivity contribution in [1.82, 2.24) is 5.32 Å². The molecule has 0 saturated carbocycles. The van der Waals surface area contributed by atoms with E-state index in [2.05, 4.69) is 5.32 Å². The Balaban J connectivity index is 2.65. The predicted octanol–water partition coefficient (Wildman–Crippen LogP) is -0.474. The van der Waals surface area contributed by atoms with Crippen molar-refractivity contribution >= 4 is 11.6 Å². The molecule has 1 aliphatic heterocycles. The van der Waals surface area contributed by atoms with Gasteiger partial charge in [-0.05, 0) is 0 Å². The van der Waals surface area contributed by atoms with Crippen LogP contribution in [0.5, 0.6) is 0 Å². The maximum atomic E-state index is 10.2. The van der Waals surface area contributed by atoms with E-state index in [-0.39, 0.29) is 11.6 Å². The highest BCUT2D eigenvalue weighted by atomic mass is 16.2. The van der Waals surface area contributed by atoms with Crippen molar-refractivity contribution < 1.29 is 4.79 Å². The van der Waals surface area contributed by atoms with Gasteiger partial charge in [0.05, 0.1) is 5.71 Å². The fourth-order valence-corrected chi connectivity index (χ4v) is 0.521. The number of rotatable bonds is 0. The van der Waals surface area contributed by atoms with Crippen molar-refractivity contribution in [2.24, 2.45) is 0 Å². The molecular formula is C4H6N2O. The molecule has 2 N–H and O–H groups in total. The van der Waals surface area contributed by atoms with E-state index in [4.69, 9.17) is 5.41 Å². The van der Waals surface area contributed by atoms with Crippen LogP contribution in [0, 0.1) is 5.41 Å². The average molecular weight is 98.1 g/mol. The Labute approximate surface area is 41.2 Å². The summed E-state index contributed by atoms with van der Waals surface area (Å²) in [6.45, 7) is 0.650. The lowest BCUT2D eigenvalue weighted by Crippen LogP contribution is -2.17. The summed E-state index contributed by atoms with van der Waals surface area (Å²) in [5.41, 5.74) is 0.208. The fraction of sp³-hybridized carbons (Fsp3) is 0.500. The van der Waals surface area contributed by atoms with Crippen LogP contribution in [0.2, 0.25) is 0 Å². The SMILES string of the molecule is N=C1CCNC1=O. The van der Waals surface area contributed by atoms with Gasteiger partial charge in [-0.1, -0.05) is 0 Å². The minimum absolute atomic E-state index is 0.208. The van der Waals surface area contributed by atoms with Gasteiger partial charge in [-0.2, -0.15) is 0 Å². The standard InChI is InChI=1S/C4H6N2O/c5-3-1-2-6-4(3)7/h5H,1-2H2,(H,6,7). The van der Waals surface area contributed by atoms with Gasteiger partial charge in [0.2, 0.25) is 0 Å². The second-order valence-electron chi connectivity index (χ2n) is 1.48. The lowest BCUT2D eigenvalue weighted by Gasteiger charge is -1.80. The Hall–Kier alpha value is -0.860. The average Bonchev–Trinajstić information content (AvgIpc) is 1.91. The Kier molecular flexibility index (Phi) is 0.817. The van der Waals surface area contributed by atoms with Crippen LogP contribution in [0.25, 0.3) is 0 Å². The van der Waals surface area contributed by atoms with Crippen LogP contribution in [0.4, 0.5) is 0 Å². The highest BCUT2D eigenvalue weighted by Crippen LogP contribution is 1.89. The van der Waals surface area contributed by atoms with E-state index in [1.165, 1.54) is 0 Å². The molecule has 0 aromatic heterocycles. The smallest absolute Gasteiger partial charge is 0.265 e. The first-order chi connectivity index (χ1) is 3.30. The van der Waals surface area contributed by atoms with Gasteiger partial charge in [0, 0.05) is 13.0 Å². The third-order valence-electron chi connectivity index (χ3n) is 0.935. The maximum absolute atomic E-state index is 10.2. The summed E-state index contributed by atoms with van der Waals surface area (Å²) >= 11 is 0. The van der Waals surface area contributed by atoms with Gasteiger partial charge >= 0.3 is 0 Å².